The van der Waals surface area contributed by atoms with E-state index in [1.807, 2.05) is 82.3 Å². The zero-order valence-electron chi connectivity index (χ0n) is 28.4. The minimum Gasteiger partial charge on any atom is -0.445 e. The molecule has 0 bridgehead atoms. The molecule has 1 saturated heterocycles. The molecule has 12 nitrogen and oxygen atoms in total. The number of likely N-dealkylation sites (tertiary alicyclic amines) is 1. The fraction of sp³-hybridized carbons (Fsp3) is 0.528. The molecule has 2 unspecified atom stereocenters. The minimum absolute atomic E-state index is 0.0224. The lowest BCUT2D eigenvalue weighted by Gasteiger charge is -2.35. The second-order valence-corrected chi connectivity index (χ2v) is 15.2. The number of oxime groups is 1. The zero-order valence-corrected chi connectivity index (χ0v) is 30.0. The van der Waals surface area contributed by atoms with Gasteiger partial charge in [-0.2, -0.15) is 0 Å². The predicted molar refractivity (Wildman–Crippen MR) is 186 cm³/mol. The summed E-state index contributed by atoms with van der Waals surface area (Å²) < 4.78 is 6.33. The van der Waals surface area contributed by atoms with E-state index in [1.165, 1.54) is 4.90 Å². The van der Waals surface area contributed by atoms with Gasteiger partial charge in [-0.25, -0.2) is 4.79 Å². The Morgan fingerprint density at radius 2 is 1.84 bits per heavy atom. The largest absolute Gasteiger partial charge is 0.445 e. The summed E-state index contributed by atoms with van der Waals surface area (Å²) in [5, 5.41) is 23.8. The second-order valence-electron chi connectivity index (χ2n) is 14.3. The van der Waals surface area contributed by atoms with Crippen LogP contribution in [0.2, 0.25) is 0 Å². The van der Waals surface area contributed by atoms with Crippen molar-refractivity contribution in [2.75, 3.05) is 6.54 Å². The van der Waals surface area contributed by atoms with E-state index in [0.717, 1.165) is 28.4 Å². The van der Waals surface area contributed by atoms with Gasteiger partial charge in [-0.15, -0.1) is 0 Å². The molecule has 3 aliphatic rings. The molecule has 1 aliphatic carbocycles. The van der Waals surface area contributed by atoms with Gasteiger partial charge in [-0.05, 0) is 42.4 Å². The molecule has 2 fully saturated rings. The number of hydrogen-bond donors (Lipinski definition) is 4. The maximum atomic E-state index is 14.5. The number of halogens is 1. The second kappa shape index (κ2) is 15.3. The molecular weight excluding hydrogens is 694 g/mol. The number of benzene rings is 2. The standard InChI is InChI=1S/C36H46BrN5O7/c1-5-10-26(29(43)32(45)38-25-15-16-25)39-31(44)28-19-36(18-27(41-49-36)23-13-9-14-24(37)17-23)21-42(28)33(46)30(35(2,3)4)40-34(47)48-20-22-11-7-6-8-12-22/h6-9,11-14,17,25-26,28-30,43H,5,10,15-16,18-21H2,1-4H3,(H,38,45)(H,39,44)(H,40,47)/t26?,28-,29?,30+,36+/m0/s1. The normalized spacial score (nSPS) is 22.0. The molecule has 4 amide bonds. The number of nitrogens with zero attached hydrogens (tertiary/aromatic N) is 2. The van der Waals surface area contributed by atoms with Crippen molar-refractivity contribution in [3.8, 4) is 0 Å². The molecule has 49 heavy (non-hydrogen) atoms. The van der Waals surface area contributed by atoms with Crippen LogP contribution < -0.4 is 16.0 Å². The number of ether oxygens (including phenoxy) is 1. The molecular formula is C36H46BrN5O7. The first-order valence-corrected chi connectivity index (χ1v) is 17.7. The highest BCUT2D eigenvalue weighted by molar-refractivity contribution is 9.10. The number of amides is 4. The molecule has 5 atom stereocenters. The SMILES string of the molecule is CCCC(NC(=O)[C@@H]1C[C@]2(CC(c3cccc(Br)c3)=NO2)CN1C(=O)[C@@H](NC(=O)OCc1ccccc1)C(C)(C)C)C(O)C(=O)NC1CC1. The first-order chi connectivity index (χ1) is 23.3. The summed E-state index contributed by atoms with van der Waals surface area (Å²) in [7, 11) is 0. The number of alkyl carbamates (subject to hydrolysis) is 1. The number of rotatable bonds is 12. The van der Waals surface area contributed by atoms with Gasteiger partial charge in [0.15, 0.2) is 11.7 Å². The maximum Gasteiger partial charge on any atom is 0.408 e. The lowest BCUT2D eigenvalue weighted by molar-refractivity contribution is -0.143. The molecule has 2 aromatic rings. The van der Waals surface area contributed by atoms with E-state index in [-0.39, 0.29) is 25.6 Å². The molecule has 0 aromatic heterocycles. The smallest absolute Gasteiger partial charge is 0.408 e. The molecule has 1 spiro atoms. The van der Waals surface area contributed by atoms with Gasteiger partial charge in [-0.1, -0.05) is 97.7 Å². The molecule has 2 aliphatic heterocycles. The van der Waals surface area contributed by atoms with Crippen LogP contribution in [0.3, 0.4) is 0 Å². The number of aliphatic hydroxyl groups excluding tert-OH is 1. The van der Waals surface area contributed by atoms with Gasteiger partial charge in [0.25, 0.3) is 5.91 Å². The Bertz CT molecular complexity index is 1560. The average molecular weight is 741 g/mol. The summed E-state index contributed by atoms with van der Waals surface area (Å²) in [6.45, 7) is 7.41. The van der Waals surface area contributed by atoms with Crippen molar-refractivity contribution in [1.29, 1.82) is 0 Å². The monoisotopic (exact) mass is 739 g/mol. The lowest BCUT2D eigenvalue weighted by atomic mass is 9.85. The Balaban J connectivity index is 1.37. The Morgan fingerprint density at radius 1 is 1.10 bits per heavy atom. The van der Waals surface area contributed by atoms with Crippen molar-refractivity contribution in [2.45, 2.75) is 109 Å². The topological polar surface area (TPSA) is 159 Å². The Hall–Kier alpha value is -3.97. The van der Waals surface area contributed by atoms with Crippen LogP contribution in [0.5, 0.6) is 0 Å². The van der Waals surface area contributed by atoms with E-state index in [1.54, 1.807) is 0 Å². The minimum atomic E-state index is -1.46. The van der Waals surface area contributed by atoms with Gasteiger partial charge in [0, 0.05) is 28.9 Å². The van der Waals surface area contributed by atoms with E-state index in [2.05, 4.69) is 37.0 Å². The number of nitrogens with one attached hydrogen (secondary N) is 3. The van der Waals surface area contributed by atoms with E-state index in [9.17, 15) is 24.3 Å². The molecule has 13 heteroatoms. The Morgan fingerprint density at radius 3 is 2.49 bits per heavy atom. The van der Waals surface area contributed by atoms with Gasteiger partial charge in [0.05, 0.1) is 18.3 Å². The highest BCUT2D eigenvalue weighted by Gasteiger charge is 2.55. The van der Waals surface area contributed by atoms with Crippen molar-refractivity contribution in [1.82, 2.24) is 20.9 Å². The molecule has 1 saturated carbocycles. The summed E-state index contributed by atoms with van der Waals surface area (Å²) >= 11 is 3.50. The molecule has 2 aromatic carbocycles. The zero-order chi connectivity index (χ0) is 35.3. The quantitative estimate of drug-likeness (QED) is 0.254. The van der Waals surface area contributed by atoms with E-state index in [0.29, 0.717) is 25.0 Å². The van der Waals surface area contributed by atoms with E-state index in [4.69, 9.17) is 9.57 Å². The van der Waals surface area contributed by atoms with Gasteiger partial charge >= 0.3 is 6.09 Å². The third kappa shape index (κ3) is 9.18. The number of carbonyl (C=O) groups is 4. The molecule has 4 N–H and O–H groups in total. The summed E-state index contributed by atoms with van der Waals surface area (Å²) in [5.41, 5.74) is 0.550. The third-order valence-electron chi connectivity index (χ3n) is 9.07. The maximum absolute atomic E-state index is 14.5. The summed E-state index contributed by atoms with van der Waals surface area (Å²) in [6, 6.07) is 13.9. The molecule has 5 rings (SSSR count). The van der Waals surface area contributed by atoms with Gasteiger partial charge in [0.1, 0.15) is 18.7 Å². The number of hydrogen-bond acceptors (Lipinski definition) is 8. The summed E-state index contributed by atoms with van der Waals surface area (Å²) in [4.78, 5) is 61.9. The Labute approximate surface area is 295 Å². The van der Waals surface area contributed by atoms with Gasteiger partial charge in [-0.3, -0.25) is 14.4 Å². The highest BCUT2D eigenvalue weighted by atomic mass is 79.9. The lowest BCUT2D eigenvalue weighted by Crippen LogP contribution is -2.59. The summed E-state index contributed by atoms with van der Waals surface area (Å²) in [6.07, 6.45) is 0.902. The van der Waals surface area contributed by atoms with E-state index < -0.39 is 59.1 Å². The van der Waals surface area contributed by atoms with Crippen molar-refractivity contribution < 1.29 is 33.9 Å². The highest BCUT2D eigenvalue weighted by Crippen LogP contribution is 2.40. The number of aliphatic hydroxyl groups is 1. The number of carbonyl (C=O) groups excluding carboxylic acids is 4. The first-order valence-electron chi connectivity index (χ1n) is 16.9. The Kier molecular flexibility index (Phi) is 11.3. The predicted octanol–water partition coefficient (Wildman–Crippen LogP) is 4.18. The fourth-order valence-electron chi connectivity index (χ4n) is 6.25. The van der Waals surface area contributed by atoms with E-state index >= 15 is 0 Å². The van der Waals surface area contributed by atoms with Crippen LogP contribution in [-0.2, 0) is 30.6 Å². The first kappa shape index (κ1) is 36.3. The van der Waals surface area contributed by atoms with Gasteiger partial charge in [0.2, 0.25) is 11.8 Å². The third-order valence-corrected chi connectivity index (χ3v) is 9.56. The van der Waals surface area contributed by atoms with Crippen LogP contribution in [-0.4, -0.2) is 82.0 Å². The van der Waals surface area contributed by atoms with Crippen molar-refractivity contribution in [3.05, 3.63) is 70.2 Å². The van der Waals surface area contributed by atoms with Crippen molar-refractivity contribution >= 4 is 45.5 Å². The fourth-order valence-corrected chi connectivity index (χ4v) is 6.64. The molecule has 264 valence electrons. The van der Waals surface area contributed by atoms with Crippen LogP contribution in [0.15, 0.2) is 64.2 Å². The van der Waals surface area contributed by atoms with Crippen molar-refractivity contribution in [3.63, 3.8) is 0 Å². The van der Waals surface area contributed by atoms with Crippen LogP contribution >= 0.6 is 15.9 Å². The van der Waals surface area contributed by atoms with Crippen LogP contribution in [0.25, 0.3) is 0 Å². The van der Waals surface area contributed by atoms with Crippen molar-refractivity contribution in [2.24, 2.45) is 10.6 Å². The molecule has 2 heterocycles. The van der Waals surface area contributed by atoms with Gasteiger partial charge < -0.3 is 35.5 Å². The van der Waals surface area contributed by atoms with Crippen LogP contribution in [0, 0.1) is 5.41 Å². The molecule has 0 radical (unpaired) electrons. The summed E-state index contributed by atoms with van der Waals surface area (Å²) in [5.74, 6) is -1.55. The van der Waals surface area contributed by atoms with Crippen LogP contribution in [0.1, 0.15) is 77.3 Å². The van der Waals surface area contributed by atoms with Crippen LogP contribution in [0.4, 0.5) is 4.79 Å². The average Bonchev–Trinajstić information content (AvgIpc) is 3.66.